The molecule has 0 aliphatic rings. The number of carboxylic acids is 1. The molecule has 3 N–H and O–H groups in total. The van der Waals surface area contributed by atoms with Crippen molar-refractivity contribution in [2.24, 2.45) is 5.73 Å². The van der Waals surface area contributed by atoms with Crippen molar-refractivity contribution in [3.8, 4) is 0 Å². The van der Waals surface area contributed by atoms with Gasteiger partial charge in [0.15, 0.2) is 0 Å². The zero-order valence-electron chi connectivity index (χ0n) is 5.32. The van der Waals surface area contributed by atoms with Crippen LogP contribution in [0.5, 0.6) is 0 Å². The van der Waals surface area contributed by atoms with E-state index in [0.717, 1.165) is 0 Å². The van der Waals surface area contributed by atoms with Gasteiger partial charge in [0.25, 0.3) is 0 Å². The third kappa shape index (κ3) is 3.37. The van der Waals surface area contributed by atoms with Gasteiger partial charge in [-0.2, -0.15) is 0 Å². The maximum Gasteiger partial charge on any atom is 0.321 e. The molecule has 0 aromatic rings. The Bertz CT molecular complexity index is 168. The molecule has 0 saturated heterocycles. The van der Waals surface area contributed by atoms with Crippen LogP contribution in [0.1, 0.15) is 0 Å². The van der Waals surface area contributed by atoms with Crippen LogP contribution in [0.3, 0.4) is 0 Å². The van der Waals surface area contributed by atoms with Crippen LogP contribution < -0.4 is 5.73 Å². The molecule has 2 unspecified atom stereocenters. The van der Waals surface area contributed by atoms with Crippen LogP contribution in [0.4, 0.5) is 0 Å². The van der Waals surface area contributed by atoms with Crippen LogP contribution >= 0.6 is 0 Å². The Balaban J connectivity index is 3.79. The second-order valence-electron chi connectivity index (χ2n) is 1.66. The fourth-order valence-corrected chi connectivity index (χ4v) is 0.949. The summed E-state index contributed by atoms with van der Waals surface area (Å²) in [5.74, 6) is -1.21. The first-order chi connectivity index (χ1) is 4.57. The monoisotopic (exact) mass is 163 g/mol. The molecule has 0 fully saturated rings. The number of nitrogens with two attached hydrogens (primary N) is 1. The number of rotatable bonds is 4. The number of hydrogen-bond donors (Lipinski definition) is 2. The molecule has 4 nitrogen and oxygen atoms in total. The van der Waals surface area contributed by atoms with E-state index >= 15 is 0 Å². The molecule has 0 aromatic heterocycles. The molecular weight excluding hydrogens is 154 g/mol. The number of carbonyl (C=O) groups is 1. The Morgan fingerprint density at radius 3 is 2.70 bits per heavy atom. The van der Waals surface area contributed by atoms with E-state index in [9.17, 15) is 9.00 Å². The van der Waals surface area contributed by atoms with Gasteiger partial charge in [0.2, 0.25) is 0 Å². The maximum absolute atomic E-state index is 10.6. The Labute approximate surface area is 61.2 Å². The first-order valence-electron chi connectivity index (χ1n) is 2.56. The van der Waals surface area contributed by atoms with Crippen LogP contribution in [0.15, 0.2) is 12.0 Å². The van der Waals surface area contributed by atoms with Crippen LogP contribution in [0.25, 0.3) is 0 Å². The highest BCUT2D eigenvalue weighted by Gasteiger charge is 2.12. The molecule has 0 bridgehead atoms. The van der Waals surface area contributed by atoms with Gasteiger partial charge in [-0.3, -0.25) is 9.00 Å². The normalized spacial score (nSPS) is 15.7. The van der Waals surface area contributed by atoms with Crippen LogP contribution in [-0.4, -0.2) is 27.1 Å². The summed E-state index contributed by atoms with van der Waals surface area (Å²) in [6.45, 7) is 3.22. The van der Waals surface area contributed by atoms with Gasteiger partial charge in [0.1, 0.15) is 6.04 Å². The first kappa shape index (κ1) is 9.32. The lowest BCUT2D eigenvalue weighted by molar-refractivity contribution is -0.137. The van der Waals surface area contributed by atoms with Crippen molar-refractivity contribution in [2.75, 3.05) is 5.75 Å². The van der Waals surface area contributed by atoms with Gasteiger partial charge < -0.3 is 10.8 Å². The molecule has 0 amide bonds. The highest BCUT2D eigenvalue weighted by molar-refractivity contribution is 7.88. The van der Waals surface area contributed by atoms with E-state index in [1.165, 1.54) is 5.41 Å². The zero-order chi connectivity index (χ0) is 8.15. The molecule has 0 aromatic carbocycles. The lowest BCUT2D eigenvalue weighted by atomic mass is 10.4. The van der Waals surface area contributed by atoms with Gasteiger partial charge in [-0.1, -0.05) is 6.58 Å². The summed E-state index contributed by atoms with van der Waals surface area (Å²) in [6, 6.07) is -1.06. The minimum absolute atomic E-state index is 0.0706. The van der Waals surface area contributed by atoms with E-state index in [1.807, 2.05) is 0 Å². The molecule has 5 heteroatoms. The summed E-state index contributed by atoms with van der Waals surface area (Å²) in [4.78, 5) is 10.1. The van der Waals surface area contributed by atoms with Gasteiger partial charge in [-0.15, -0.1) is 0 Å². The van der Waals surface area contributed by atoms with Gasteiger partial charge in [0.05, 0.1) is 5.75 Å². The first-order valence-corrected chi connectivity index (χ1v) is 3.94. The van der Waals surface area contributed by atoms with Gasteiger partial charge in [0, 0.05) is 10.8 Å². The van der Waals surface area contributed by atoms with E-state index < -0.39 is 22.8 Å². The molecule has 0 aliphatic heterocycles. The molecule has 2 atom stereocenters. The number of aliphatic carboxylic acids is 1. The SMILES string of the molecule is C=CS(=O)CC(N)C(=O)O. The van der Waals surface area contributed by atoms with Crippen molar-refractivity contribution >= 4 is 16.8 Å². The van der Waals surface area contributed by atoms with E-state index in [1.54, 1.807) is 0 Å². The van der Waals surface area contributed by atoms with E-state index in [0.29, 0.717) is 0 Å². The van der Waals surface area contributed by atoms with E-state index in [2.05, 4.69) is 6.58 Å². The molecule has 0 spiro atoms. The largest absolute Gasteiger partial charge is 0.480 e. The number of hydrogen-bond acceptors (Lipinski definition) is 3. The third-order valence-corrected chi connectivity index (χ3v) is 1.91. The summed E-state index contributed by atoms with van der Waals surface area (Å²) in [6.07, 6.45) is 0. The third-order valence-electron chi connectivity index (χ3n) is 0.847. The van der Waals surface area contributed by atoms with Crippen molar-refractivity contribution in [2.45, 2.75) is 6.04 Å². The maximum atomic E-state index is 10.6. The molecule has 58 valence electrons. The Morgan fingerprint density at radius 2 is 2.40 bits per heavy atom. The highest BCUT2D eigenvalue weighted by Crippen LogP contribution is 1.86. The van der Waals surface area contributed by atoms with Crippen LogP contribution in [0, 0.1) is 0 Å². The van der Waals surface area contributed by atoms with E-state index in [-0.39, 0.29) is 5.75 Å². The van der Waals surface area contributed by atoms with Gasteiger partial charge >= 0.3 is 5.97 Å². The summed E-state index contributed by atoms with van der Waals surface area (Å²) < 4.78 is 10.6. The molecule has 0 radical (unpaired) electrons. The van der Waals surface area contributed by atoms with Crippen molar-refractivity contribution in [3.63, 3.8) is 0 Å². The minimum atomic E-state index is -1.32. The summed E-state index contributed by atoms with van der Waals surface area (Å²) in [5.41, 5.74) is 5.05. The summed E-state index contributed by atoms with van der Waals surface area (Å²) in [7, 11) is -1.32. The Hall–Kier alpha value is -0.680. The number of carboxylic acid groups (broad SMARTS) is 1. The predicted octanol–water partition coefficient (Wildman–Crippen LogP) is -0.710. The molecule has 0 rings (SSSR count). The molecule has 0 saturated carbocycles. The average Bonchev–Trinajstić information content (AvgIpc) is 1.87. The Morgan fingerprint density at radius 1 is 1.90 bits per heavy atom. The van der Waals surface area contributed by atoms with Crippen molar-refractivity contribution < 1.29 is 14.1 Å². The summed E-state index contributed by atoms with van der Waals surface area (Å²) in [5, 5.41) is 9.40. The lowest BCUT2D eigenvalue weighted by Gasteiger charge is -2.01. The Kier molecular flexibility index (Phi) is 3.90. The molecule has 0 aliphatic carbocycles. The van der Waals surface area contributed by atoms with Crippen LogP contribution in [0.2, 0.25) is 0 Å². The van der Waals surface area contributed by atoms with E-state index in [4.69, 9.17) is 10.8 Å². The quantitative estimate of drug-likeness (QED) is 0.573. The highest BCUT2D eigenvalue weighted by atomic mass is 32.2. The van der Waals surface area contributed by atoms with Crippen molar-refractivity contribution in [1.82, 2.24) is 0 Å². The van der Waals surface area contributed by atoms with Gasteiger partial charge in [-0.25, -0.2) is 0 Å². The second kappa shape index (κ2) is 4.19. The topological polar surface area (TPSA) is 80.4 Å². The van der Waals surface area contributed by atoms with Gasteiger partial charge in [-0.05, 0) is 5.41 Å². The second-order valence-corrected chi connectivity index (χ2v) is 3.09. The fourth-order valence-electron chi connectivity index (χ4n) is 0.316. The fraction of sp³-hybridized carbons (Fsp3) is 0.400. The predicted molar refractivity (Wildman–Crippen MR) is 38.8 cm³/mol. The molecular formula is C5H9NO3S. The lowest BCUT2D eigenvalue weighted by Crippen LogP contribution is -2.35. The smallest absolute Gasteiger partial charge is 0.321 e. The van der Waals surface area contributed by atoms with Crippen molar-refractivity contribution in [1.29, 1.82) is 0 Å². The van der Waals surface area contributed by atoms with Crippen LogP contribution in [-0.2, 0) is 15.6 Å². The zero-order valence-corrected chi connectivity index (χ0v) is 6.13. The summed E-state index contributed by atoms with van der Waals surface area (Å²) >= 11 is 0. The average molecular weight is 163 g/mol. The molecule has 0 heterocycles. The minimum Gasteiger partial charge on any atom is -0.480 e. The standard InChI is InChI=1S/C5H9NO3S/c1-2-10(9)3-4(6)5(7)8/h2,4H,1,3,6H2,(H,7,8). The molecule has 10 heavy (non-hydrogen) atoms. The van der Waals surface area contributed by atoms with Crippen molar-refractivity contribution in [3.05, 3.63) is 12.0 Å².